The lowest BCUT2D eigenvalue weighted by atomic mass is 9.88. The molecule has 0 saturated heterocycles. The smallest absolute Gasteiger partial charge is 0.340 e. The molecule has 0 saturated carbocycles. The Morgan fingerprint density at radius 3 is 2.64 bits per heavy atom. The van der Waals surface area contributed by atoms with E-state index < -0.39 is 0 Å². The summed E-state index contributed by atoms with van der Waals surface area (Å²) in [6, 6.07) is 9.92. The minimum Gasteiger partial charge on any atom is -0.462 e. The molecule has 0 atom stereocenters. The van der Waals surface area contributed by atoms with E-state index in [0.29, 0.717) is 12.2 Å². The van der Waals surface area contributed by atoms with Crippen molar-refractivity contribution >= 4 is 5.97 Å². The number of hydrogen-bond donors (Lipinski definition) is 0. The number of aryl methyl sites for hydroxylation is 1. The Morgan fingerprint density at radius 2 is 1.91 bits per heavy atom. The average molecular weight is 295 g/mol. The third-order valence-corrected chi connectivity index (χ3v) is 4.28. The van der Waals surface area contributed by atoms with Crippen LogP contribution in [-0.2, 0) is 17.6 Å². The van der Waals surface area contributed by atoms with E-state index in [1.165, 1.54) is 18.4 Å². The van der Waals surface area contributed by atoms with Gasteiger partial charge in [-0.05, 0) is 50.7 Å². The molecule has 0 fully saturated rings. The second-order valence-electron chi connectivity index (χ2n) is 5.68. The highest BCUT2D eigenvalue weighted by Crippen LogP contribution is 2.32. The van der Waals surface area contributed by atoms with Crippen LogP contribution < -0.4 is 0 Å². The summed E-state index contributed by atoms with van der Waals surface area (Å²) in [7, 11) is 0. The highest BCUT2D eigenvalue weighted by atomic mass is 16.5. The number of fused-ring (bicyclic) bond motifs is 1. The third kappa shape index (κ3) is 2.63. The van der Waals surface area contributed by atoms with Gasteiger partial charge < -0.3 is 4.74 Å². The van der Waals surface area contributed by atoms with E-state index in [0.717, 1.165) is 35.4 Å². The summed E-state index contributed by atoms with van der Waals surface area (Å²) >= 11 is 0. The number of carbonyl (C=O) groups excluding carboxylic acids is 1. The summed E-state index contributed by atoms with van der Waals surface area (Å²) in [6.07, 6.45) is 4.35. The molecule has 1 heterocycles. The van der Waals surface area contributed by atoms with Gasteiger partial charge >= 0.3 is 5.97 Å². The molecule has 0 amide bonds. The molecule has 22 heavy (non-hydrogen) atoms. The van der Waals surface area contributed by atoms with Gasteiger partial charge in [0.15, 0.2) is 0 Å². The Balaban J connectivity index is 2.22. The zero-order valence-electron chi connectivity index (χ0n) is 13.2. The second kappa shape index (κ2) is 6.30. The molecule has 1 aromatic carbocycles. The molecule has 0 aliphatic heterocycles. The lowest BCUT2D eigenvalue weighted by Gasteiger charge is -2.21. The van der Waals surface area contributed by atoms with Crippen molar-refractivity contribution in [3.05, 3.63) is 52.7 Å². The van der Waals surface area contributed by atoms with Crippen LogP contribution in [0, 0.1) is 6.92 Å². The molecular formula is C19H21NO2. The lowest BCUT2D eigenvalue weighted by molar-refractivity contribution is 0.0526. The fraction of sp³-hybridized carbons (Fsp3) is 0.368. The highest BCUT2D eigenvalue weighted by molar-refractivity contribution is 5.98. The van der Waals surface area contributed by atoms with Crippen LogP contribution in [-0.4, -0.2) is 17.6 Å². The minimum absolute atomic E-state index is 0.264. The molecule has 1 aliphatic carbocycles. The van der Waals surface area contributed by atoms with Gasteiger partial charge in [-0.2, -0.15) is 0 Å². The topological polar surface area (TPSA) is 39.2 Å². The summed E-state index contributed by atoms with van der Waals surface area (Å²) in [4.78, 5) is 17.3. The molecule has 3 rings (SSSR count). The monoisotopic (exact) mass is 295 g/mol. The van der Waals surface area contributed by atoms with Gasteiger partial charge in [0.25, 0.3) is 0 Å². The summed E-state index contributed by atoms with van der Waals surface area (Å²) in [6.45, 7) is 4.25. The van der Waals surface area contributed by atoms with Crippen molar-refractivity contribution in [2.75, 3.05) is 6.61 Å². The molecule has 0 spiro atoms. The van der Waals surface area contributed by atoms with Crippen molar-refractivity contribution in [1.29, 1.82) is 0 Å². The van der Waals surface area contributed by atoms with E-state index in [-0.39, 0.29) is 5.97 Å². The average Bonchev–Trinajstić information content (AvgIpc) is 2.55. The molecule has 3 nitrogen and oxygen atoms in total. The number of aromatic nitrogens is 1. The summed E-state index contributed by atoms with van der Waals surface area (Å²) in [5.74, 6) is -0.264. The molecule has 0 unspecified atom stereocenters. The number of pyridine rings is 1. The van der Waals surface area contributed by atoms with Crippen LogP contribution in [0.5, 0.6) is 0 Å². The van der Waals surface area contributed by atoms with Crippen LogP contribution in [0.15, 0.2) is 30.3 Å². The van der Waals surface area contributed by atoms with Gasteiger partial charge in [-0.15, -0.1) is 0 Å². The van der Waals surface area contributed by atoms with Crippen molar-refractivity contribution in [2.45, 2.75) is 39.5 Å². The molecule has 114 valence electrons. The van der Waals surface area contributed by atoms with Crippen LogP contribution in [0.4, 0.5) is 0 Å². The number of benzene rings is 1. The summed E-state index contributed by atoms with van der Waals surface area (Å²) < 4.78 is 5.28. The SMILES string of the molecule is CCOC(=O)c1c(-c2ccccc2)nc2c(c1C)CCCC2. The van der Waals surface area contributed by atoms with E-state index in [2.05, 4.69) is 0 Å². The first-order valence-electron chi connectivity index (χ1n) is 7.97. The minimum atomic E-state index is -0.264. The van der Waals surface area contributed by atoms with Crippen molar-refractivity contribution in [1.82, 2.24) is 4.98 Å². The van der Waals surface area contributed by atoms with E-state index in [1.54, 1.807) is 0 Å². The zero-order chi connectivity index (χ0) is 15.5. The van der Waals surface area contributed by atoms with Gasteiger partial charge in [-0.3, -0.25) is 4.98 Å². The van der Waals surface area contributed by atoms with Gasteiger partial charge in [0.05, 0.1) is 17.9 Å². The zero-order valence-corrected chi connectivity index (χ0v) is 13.2. The Bertz CT molecular complexity index is 692. The van der Waals surface area contributed by atoms with Crippen molar-refractivity contribution in [2.24, 2.45) is 0 Å². The molecule has 1 aliphatic rings. The fourth-order valence-corrected chi connectivity index (χ4v) is 3.19. The van der Waals surface area contributed by atoms with Crippen LogP contribution >= 0.6 is 0 Å². The first kappa shape index (κ1) is 14.8. The Morgan fingerprint density at radius 1 is 1.18 bits per heavy atom. The maximum Gasteiger partial charge on any atom is 0.340 e. The van der Waals surface area contributed by atoms with Crippen LogP contribution in [0.3, 0.4) is 0 Å². The van der Waals surface area contributed by atoms with E-state index in [9.17, 15) is 4.79 Å². The quantitative estimate of drug-likeness (QED) is 0.800. The van der Waals surface area contributed by atoms with Gasteiger partial charge in [-0.25, -0.2) is 4.79 Å². The number of rotatable bonds is 3. The van der Waals surface area contributed by atoms with Crippen molar-refractivity contribution in [3.8, 4) is 11.3 Å². The van der Waals surface area contributed by atoms with Crippen molar-refractivity contribution in [3.63, 3.8) is 0 Å². The van der Waals surface area contributed by atoms with E-state index >= 15 is 0 Å². The summed E-state index contributed by atoms with van der Waals surface area (Å²) in [5, 5.41) is 0. The van der Waals surface area contributed by atoms with Gasteiger partial charge in [0.2, 0.25) is 0 Å². The van der Waals surface area contributed by atoms with Gasteiger partial charge in [0, 0.05) is 11.3 Å². The standard InChI is InChI=1S/C19H21NO2/c1-3-22-19(21)17-13(2)15-11-7-8-12-16(15)20-18(17)14-9-5-4-6-10-14/h4-6,9-10H,3,7-8,11-12H2,1-2H3. The molecule has 0 radical (unpaired) electrons. The maximum atomic E-state index is 12.5. The van der Waals surface area contributed by atoms with Crippen LogP contribution in [0.25, 0.3) is 11.3 Å². The first-order chi connectivity index (χ1) is 10.7. The molecule has 3 heteroatoms. The third-order valence-electron chi connectivity index (χ3n) is 4.28. The Labute approximate surface area is 131 Å². The van der Waals surface area contributed by atoms with Gasteiger partial charge in [0.1, 0.15) is 0 Å². The number of hydrogen-bond acceptors (Lipinski definition) is 3. The van der Waals surface area contributed by atoms with E-state index in [1.807, 2.05) is 44.2 Å². The lowest BCUT2D eigenvalue weighted by Crippen LogP contribution is -2.16. The predicted octanol–water partition coefficient (Wildman–Crippen LogP) is 4.11. The van der Waals surface area contributed by atoms with Crippen LogP contribution in [0.1, 0.15) is 46.9 Å². The first-order valence-corrected chi connectivity index (χ1v) is 7.97. The Kier molecular flexibility index (Phi) is 4.23. The molecule has 0 N–H and O–H groups in total. The van der Waals surface area contributed by atoms with E-state index in [4.69, 9.17) is 9.72 Å². The predicted molar refractivity (Wildman–Crippen MR) is 87.0 cm³/mol. The molecular weight excluding hydrogens is 274 g/mol. The normalized spacial score (nSPS) is 13.5. The number of esters is 1. The van der Waals surface area contributed by atoms with Gasteiger partial charge in [-0.1, -0.05) is 30.3 Å². The highest BCUT2D eigenvalue weighted by Gasteiger charge is 2.24. The number of nitrogens with zero attached hydrogens (tertiary/aromatic N) is 1. The molecule has 2 aromatic rings. The number of ether oxygens (including phenoxy) is 1. The molecule has 0 bridgehead atoms. The van der Waals surface area contributed by atoms with Crippen molar-refractivity contribution < 1.29 is 9.53 Å². The largest absolute Gasteiger partial charge is 0.462 e. The second-order valence-corrected chi connectivity index (χ2v) is 5.68. The molecule has 1 aromatic heterocycles. The maximum absolute atomic E-state index is 12.5. The van der Waals surface area contributed by atoms with Crippen LogP contribution in [0.2, 0.25) is 0 Å². The summed E-state index contributed by atoms with van der Waals surface area (Å²) in [5.41, 5.74) is 5.81. The fourth-order valence-electron chi connectivity index (χ4n) is 3.19. The number of carbonyl (C=O) groups is 1. The Hall–Kier alpha value is -2.16.